The van der Waals surface area contributed by atoms with Gasteiger partial charge < -0.3 is 5.11 Å². The summed E-state index contributed by atoms with van der Waals surface area (Å²) in [6.07, 6.45) is 11.6. The van der Waals surface area contributed by atoms with Crippen LogP contribution in [-0.2, 0) is 10.0 Å². The van der Waals surface area contributed by atoms with Crippen molar-refractivity contribution < 1.29 is 13.5 Å². The molecule has 0 spiro atoms. The van der Waals surface area contributed by atoms with Gasteiger partial charge >= 0.3 is 0 Å². The van der Waals surface area contributed by atoms with E-state index in [0.29, 0.717) is 24.3 Å². The topological polar surface area (TPSA) is 60.9 Å². The van der Waals surface area contributed by atoms with Crippen LogP contribution in [0.2, 0.25) is 0 Å². The summed E-state index contributed by atoms with van der Waals surface area (Å²) in [5.74, 6) is 0. The molecule has 180 valence electrons. The smallest absolute Gasteiger partial charge is 0.264 e. The summed E-state index contributed by atoms with van der Waals surface area (Å²) in [5, 5.41) is 11.3. The third-order valence-electron chi connectivity index (χ3n) is 7.26. The molecule has 2 aromatic rings. The van der Waals surface area contributed by atoms with Crippen molar-refractivity contribution in [1.82, 2.24) is 4.90 Å². The molecule has 2 saturated carbocycles. The van der Waals surface area contributed by atoms with Crippen molar-refractivity contribution in [3.63, 3.8) is 0 Å². The molecule has 0 amide bonds. The van der Waals surface area contributed by atoms with Gasteiger partial charge in [0.05, 0.1) is 23.2 Å². The molecule has 2 aliphatic rings. The summed E-state index contributed by atoms with van der Waals surface area (Å²) >= 11 is 0. The number of para-hydroxylation sites is 1. The Bertz CT molecular complexity index is 922. The van der Waals surface area contributed by atoms with E-state index >= 15 is 0 Å². The van der Waals surface area contributed by atoms with Gasteiger partial charge in [-0.25, -0.2) is 8.42 Å². The van der Waals surface area contributed by atoms with Crippen LogP contribution in [0.15, 0.2) is 65.6 Å². The molecule has 5 nitrogen and oxygen atoms in total. The van der Waals surface area contributed by atoms with E-state index in [9.17, 15) is 13.5 Å². The molecule has 0 aliphatic heterocycles. The van der Waals surface area contributed by atoms with Crippen LogP contribution in [0.25, 0.3) is 0 Å². The Morgan fingerprint density at radius 3 is 1.73 bits per heavy atom. The second kappa shape index (κ2) is 11.5. The zero-order valence-electron chi connectivity index (χ0n) is 19.6. The second-order valence-corrected chi connectivity index (χ2v) is 11.5. The standard InChI is InChI=1S/C27H38N2O3S/c30-26(21-28(23-13-5-1-6-14-23)24-15-7-2-8-16-24)22-29(25-17-9-3-10-18-25)33(31,32)27-19-11-4-12-20-27/h3-4,9-12,17-20,23-24,26,30H,1-2,5-8,13-16,21-22H2. The highest BCUT2D eigenvalue weighted by atomic mass is 32.2. The fraction of sp³-hybridized carbons (Fsp3) is 0.556. The molecule has 2 aliphatic carbocycles. The second-order valence-electron chi connectivity index (χ2n) is 9.62. The zero-order chi connectivity index (χ0) is 23.1. The van der Waals surface area contributed by atoms with Crippen molar-refractivity contribution in [3.8, 4) is 0 Å². The maximum atomic E-state index is 13.6. The van der Waals surface area contributed by atoms with Gasteiger partial charge in [0, 0.05) is 18.6 Å². The first-order valence-electron chi connectivity index (χ1n) is 12.6. The average Bonchev–Trinajstić information content (AvgIpc) is 2.88. The van der Waals surface area contributed by atoms with E-state index in [1.807, 2.05) is 24.3 Å². The SMILES string of the molecule is O=S(=O)(c1ccccc1)N(CC(O)CN(C1CCCCC1)C1CCCCC1)c1ccccc1. The maximum Gasteiger partial charge on any atom is 0.264 e. The molecule has 2 aromatic carbocycles. The van der Waals surface area contributed by atoms with E-state index in [-0.39, 0.29) is 11.4 Å². The molecular weight excluding hydrogens is 432 g/mol. The van der Waals surface area contributed by atoms with Gasteiger partial charge in [-0.2, -0.15) is 0 Å². The molecule has 1 atom stereocenters. The highest BCUT2D eigenvalue weighted by Gasteiger charge is 2.32. The lowest BCUT2D eigenvalue weighted by atomic mass is 9.88. The summed E-state index contributed by atoms with van der Waals surface area (Å²) in [6, 6.07) is 18.7. The lowest BCUT2D eigenvalue weighted by Crippen LogP contribution is -2.51. The van der Waals surface area contributed by atoms with Crippen LogP contribution in [-0.4, -0.2) is 49.7 Å². The predicted octanol–water partition coefficient (Wildman–Crippen LogP) is 5.21. The molecule has 1 N–H and O–H groups in total. The van der Waals surface area contributed by atoms with Crippen molar-refractivity contribution in [1.29, 1.82) is 0 Å². The fourth-order valence-corrected chi connectivity index (χ4v) is 7.09. The van der Waals surface area contributed by atoms with Gasteiger partial charge in [-0.05, 0) is 49.9 Å². The summed E-state index contributed by atoms with van der Waals surface area (Å²) in [4.78, 5) is 2.79. The zero-order valence-corrected chi connectivity index (χ0v) is 20.4. The number of aliphatic hydroxyl groups is 1. The van der Waals surface area contributed by atoms with Gasteiger partial charge in [-0.1, -0.05) is 74.9 Å². The lowest BCUT2D eigenvalue weighted by Gasteiger charge is -2.43. The van der Waals surface area contributed by atoms with Crippen LogP contribution in [0.4, 0.5) is 5.69 Å². The van der Waals surface area contributed by atoms with Crippen molar-refractivity contribution in [2.75, 3.05) is 17.4 Å². The molecule has 4 rings (SSSR count). The lowest BCUT2D eigenvalue weighted by molar-refractivity contribution is 0.0326. The number of anilines is 1. The molecule has 33 heavy (non-hydrogen) atoms. The van der Waals surface area contributed by atoms with Crippen LogP contribution in [0.3, 0.4) is 0 Å². The molecule has 2 fully saturated rings. The summed E-state index contributed by atoms with van der Waals surface area (Å²) < 4.78 is 28.5. The minimum Gasteiger partial charge on any atom is -0.390 e. The molecule has 0 aromatic heterocycles. The van der Waals surface area contributed by atoms with Gasteiger partial charge in [-0.3, -0.25) is 9.21 Å². The van der Waals surface area contributed by atoms with Crippen LogP contribution in [0.5, 0.6) is 0 Å². The first-order valence-corrected chi connectivity index (χ1v) is 14.1. The van der Waals surface area contributed by atoms with Crippen LogP contribution in [0, 0.1) is 0 Å². The van der Waals surface area contributed by atoms with Gasteiger partial charge in [0.1, 0.15) is 0 Å². The quantitative estimate of drug-likeness (QED) is 0.546. The Morgan fingerprint density at radius 1 is 0.727 bits per heavy atom. The first-order chi connectivity index (χ1) is 16.1. The van der Waals surface area contributed by atoms with E-state index in [4.69, 9.17) is 0 Å². The minimum atomic E-state index is -3.78. The van der Waals surface area contributed by atoms with Crippen LogP contribution < -0.4 is 4.31 Å². The van der Waals surface area contributed by atoms with Crippen molar-refractivity contribution >= 4 is 15.7 Å². The number of benzene rings is 2. The van der Waals surface area contributed by atoms with Gasteiger partial charge in [0.25, 0.3) is 10.0 Å². The first kappa shape index (κ1) is 24.2. The molecule has 0 heterocycles. The Labute approximate surface area is 199 Å². The fourth-order valence-electron chi connectivity index (χ4n) is 5.57. The third kappa shape index (κ3) is 6.17. The predicted molar refractivity (Wildman–Crippen MR) is 134 cm³/mol. The average molecular weight is 471 g/mol. The summed E-state index contributed by atoms with van der Waals surface area (Å²) in [5.41, 5.74) is 0.585. The molecule has 1 unspecified atom stereocenters. The molecule has 0 radical (unpaired) electrons. The van der Waals surface area contributed by atoms with Crippen LogP contribution in [0.1, 0.15) is 64.2 Å². The van der Waals surface area contributed by atoms with E-state index < -0.39 is 16.1 Å². The summed E-state index contributed by atoms with van der Waals surface area (Å²) in [6.45, 7) is 0.583. The van der Waals surface area contributed by atoms with E-state index in [2.05, 4.69) is 4.90 Å². The monoisotopic (exact) mass is 470 g/mol. The Balaban J connectivity index is 1.55. The minimum absolute atomic E-state index is 0.0528. The highest BCUT2D eigenvalue weighted by molar-refractivity contribution is 7.92. The van der Waals surface area contributed by atoms with Crippen LogP contribution >= 0.6 is 0 Å². The number of rotatable bonds is 9. The maximum absolute atomic E-state index is 13.6. The number of hydrogen-bond donors (Lipinski definition) is 1. The van der Waals surface area contributed by atoms with Gasteiger partial charge in [-0.15, -0.1) is 0 Å². The van der Waals surface area contributed by atoms with E-state index in [1.54, 1.807) is 36.4 Å². The molecule has 6 heteroatoms. The number of hydrogen-bond acceptors (Lipinski definition) is 4. The Morgan fingerprint density at radius 2 is 1.21 bits per heavy atom. The molecule has 0 saturated heterocycles. The highest BCUT2D eigenvalue weighted by Crippen LogP contribution is 2.31. The van der Waals surface area contributed by atoms with Gasteiger partial charge in [0.2, 0.25) is 0 Å². The largest absolute Gasteiger partial charge is 0.390 e. The Hall–Kier alpha value is -1.89. The number of nitrogens with zero attached hydrogens (tertiary/aromatic N) is 2. The van der Waals surface area contributed by atoms with Gasteiger partial charge in [0.15, 0.2) is 0 Å². The Kier molecular flexibility index (Phi) is 8.45. The third-order valence-corrected chi connectivity index (χ3v) is 9.07. The normalized spacial score (nSPS) is 19.5. The molecular formula is C27H38N2O3S. The van der Waals surface area contributed by atoms with E-state index in [0.717, 1.165) is 0 Å². The molecule has 0 bridgehead atoms. The van der Waals surface area contributed by atoms with Crippen molar-refractivity contribution in [3.05, 3.63) is 60.7 Å². The summed E-state index contributed by atoms with van der Waals surface area (Å²) in [7, 11) is -3.78. The number of sulfonamides is 1. The number of aliphatic hydroxyl groups excluding tert-OH is 1. The van der Waals surface area contributed by atoms with E-state index in [1.165, 1.54) is 68.5 Å². The van der Waals surface area contributed by atoms with Crippen molar-refractivity contribution in [2.45, 2.75) is 87.3 Å². The van der Waals surface area contributed by atoms with Crippen molar-refractivity contribution in [2.24, 2.45) is 0 Å².